The molecule has 1 fully saturated rings. The van der Waals surface area contributed by atoms with E-state index in [2.05, 4.69) is 15.1 Å². The first-order valence-electron chi connectivity index (χ1n) is 8.08. The summed E-state index contributed by atoms with van der Waals surface area (Å²) >= 11 is 0. The molecular weight excluding hydrogens is 297 g/mol. The number of hydrogen-bond donors (Lipinski definition) is 2. The summed E-state index contributed by atoms with van der Waals surface area (Å²) in [4.78, 5) is 16.3. The number of halogens is 1. The predicted octanol–water partition coefficient (Wildman–Crippen LogP) is 0.749. The number of amides is 1. The van der Waals surface area contributed by atoms with Crippen LogP contribution in [0.25, 0.3) is 0 Å². The van der Waals surface area contributed by atoms with Gasteiger partial charge in [0.2, 0.25) is 5.91 Å². The number of aliphatic hydroxyl groups excluding tert-OH is 1. The minimum absolute atomic E-state index is 0.0176. The van der Waals surface area contributed by atoms with Gasteiger partial charge in [0.1, 0.15) is 5.82 Å². The highest BCUT2D eigenvalue weighted by Crippen LogP contribution is 2.09. The zero-order chi connectivity index (χ0) is 16.8. The molecule has 1 aliphatic rings. The number of carbonyl (C=O) groups excluding carboxylic acids is 1. The summed E-state index contributed by atoms with van der Waals surface area (Å²) in [7, 11) is 0. The average Bonchev–Trinajstić information content (AvgIpc) is 2.50. The summed E-state index contributed by atoms with van der Waals surface area (Å²) in [5, 5.41) is 12.3. The number of aryl methyl sites for hydroxylation is 1. The van der Waals surface area contributed by atoms with Gasteiger partial charge in [0.15, 0.2) is 0 Å². The van der Waals surface area contributed by atoms with Gasteiger partial charge in [-0.3, -0.25) is 14.6 Å². The van der Waals surface area contributed by atoms with Gasteiger partial charge in [0.25, 0.3) is 0 Å². The third-order valence-electron chi connectivity index (χ3n) is 4.07. The smallest absolute Gasteiger partial charge is 0.234 e. The van der Waals surface area contributed by atoms with Gasteiger partial charge in [-0.15, -0.1) is 0 Å². The van der Waals surface area contributed by atoms with Crippen molar-refractivity contribution < 1.29 is 14.3 Å². The van der Waals surface area contributed by atoms with E-state index >= 15 is 0 Å². The number of benzene rings is 1. The minimum Gasteiger partial charge on any atom is -0.392 e. The lowest BCUT2D eigenvalue weighted by molar-refractivity contribution is -0.122. The maximum Gasteiger partial charge on any atom is 0.234 e. The monoisotopic (exact) mass is 323 g/mol. The van der Waals surface area contributed by atoms with E-state index in [9.17, 15) is 14.3 Å². The molecule has 1 aliphatic heterocycles. The van der Waals surface area contributed by atoms with E-state index < -0.39 is 0 Å². The number of piperazine rings is 1. The first kappa shape index (κ1) is 17.8. The van der Waals surface area contributed by atoms with E-state index in [0.717, 1.165) is 31.7 Å². The highest BCUT2D eigenvalue weighted by molar-refractivity contribution is 5.78. The SMILES string of the molecule is Cc1cc(CNC(=O)CN2CCN(CC(C)O)CC2)ccc1F. The summed E-state index contributed by atoms with van der Waals surface area (Å²) in [5.74, 6) is -0.244. The minimum atomic E-state index is -0.316. The second kappa shape index (κ2) is 8.38. The Morgan fingerprint density at radius 1 is 1.30 bits per heavy atom. The zero-order valence-corrected chi connectivity index (χ0v) is 13.9. The second-order valence-electron chi connectivity index (χ2n) is 6.29. The predicted molar refractivity (Wildman–Crippen MR) is 87.5 cm³/mol. The van der Waals surface area contributed by atoms with Gasteiger partial charge in [0, 0.05) is 39.3 Å². The fourth-order valence-electron chi connectivity index (χ4n) is 2.78. The third kappa shape index (κ3) is 5.89. The van der Waals surface area contributed by atoms with Gasteiger partial charge < -0.3 is 10.4 Å². The molecule has 6 heteroatoms. The molecule has 2 N–H and O–H groups in total. The van der Waals surface area contributed by atoms with E-state index in [0.29, 0.717) is 25.2 Å². The van der Waals surface area contributed by atoms with Crippen LogP contribution in [0.1, 0.15) is 18.1 Å². The van der Waals surface area contributed by atoms with Crippen LogP contribution in [0.5, 0.6) is 0 Å². The Morgan fingerprint density at radius 2 is 1.96 bits per heavy atom. The summed E-state index contributed by atoms with van der Waals surface area (Å²) in [6, 6.07) is 4.88. The number of β-amino-alcohol motifs (C(OH)–C–C–N with tert-alkyl or cyclic N) is 1. The molecule has 1 aromatic carbocycles. The molecule has 5 nitrogen and oxygen atoms in total. The van der Waals surface area contributed by atoms with Gasteiger partial charge >= 0.3 is 0 Å². The van der Waals surface area contributed by atoms with E-state index in [1.165, 1.54) is 6.07 Å². The molecule has 23 heavy (non-hydrogen) atoms. The molecule has 1 aromatic rings. The first-order chi connectivity index (χ1) is 10.9. The summed E-state index contributed by atoms with van der Waals surface area (Å²) in [6.07, 6.45) is -0.316. The van der Waals surface area contributed by atoms with Crippen molar-refractivity contribution in [2.75, 3.05) is 39.3 Å². The maximum absolute atomic E-state index is 13.2. The Bertz CT molecular complexity index is 529. The van der Waals surface area contributed by atoms with Crippen molar-refractivity contribution in [2.24, 2.45) is 0 Å². The average molecular weight is 323 g/mol. The number of carbonyl (C=O) groups is 1. The highest BCUT2D eigenvalue weighted by atomic mass is 19.1. The van der Waals surface area contributed by atoms with Gasteiger partial charge in [-0.25, -0.2) is 4.39 Å². The largest absolute Gasteiger partial charge is 0.392 e. The molecule has 128 valence electrons. The Balaban J connectivity index is 1.70. The molecule has 1 heterocycles. The van der Waals surface area contributed by atoms with Gasteiger partial charge in [-0.2, -0.15) is 0 Å². The number of hydrogen-bond acceptors (Lipinski definition) is 4. The summed E-state index contributed by atoms with van der Waals surface area (Å²) in [5.41, 5.74) is 1.49. The zero-order valence-electron chi connectivity index (χ0n) is 13.9. The Hall–Kier alpha value is -1.50. The lowest BCUT2D eigenvalue weighted by Gasteiger charge is -2.34. The fraction of sp³-hybridized carbons (Fsp3) is 0.588. The molecular formula is C17H26FN3O2. The molecule has 0 spiro atoms. The summed E-state index contributed by atoms with van der Waals surface area (Å²) < 4.78 is 13.2. The number of rotatable bonds is 6. The van der Waals surface area contributed by atoms with Crippen molar-refractivity contribution in [1.82, 2.24) is 15.1 Å². The second-order valence-corrected chi connectivity index (χ2v) is 6.29. The fourth-order valence-corrected chi connectivity index (χ4v) is 2.78. The van der Waals surface area contributed by atoms with E-state index in [4.69, 9.17) is 0 Å². The number of nitrogens with zero attached hydrogens (tertiary/aromatic N) is 2. The van der Waals surface area contributed by atoms with Crippen LogP contribution in [0.2, 0.25) is 0 Å². The van der Waals surface area contributed by atoms with Crippen LogP contribution in [0.15, 0.2) is 18.2 Å². The standard InChI is InChI=1S/C17H26FN3O2/c1-13-9-15(3-4-16(13)18)10-19-17(23)12-21-7-5-20(6-8-21)11-14(2)22/h3-4,9,14,22H,5-8,10-12H2,1-2H3,(H,19,23). The van der Waals surface area contributed by atoms with Crippen molar-refractivity contribution in [1.29, 1.82) is 0 Å². The topological polar surface area (TPSA) is 55.8 Å². The quantitative estimate of drug-likeness (QED) is 0.811. The van der Waals surface area contributed by atoms with Crippen molar-refractivity contribution in [3.63, 3.8) is 0 Å². The molecule has 1 saturated heterocycles. The Kier molecular flexibility index (Phi) is 6.50. The Labute approximate surface area is 137 Å². The number of aliphatic hydroxyl groups is 1. The molecule has 0 aliphatic carbocycles. The van der Waals surface area contributed by atoms with Crippen LogP contribution in [0, 0.1) is 12.7 Å². The molecule has 0 saturated carbocycles. The van der Waals surface area contributed by atoms with Crippen LogP contribution in [-0.2, 0) is 11.3 Å². The Morgan fingerprint density at radius 3 is 2.57 bits per heavy atom. The molecule has 1 atom stereocenters. The van der Waals surface area contributed by atoms with E-state index in [1.807, 2.05) is 0 Å². The van der Waals surface area contributed by atoms with Crippen LogP contribution < -0.4 is 5.32 Å². The van der Waals surface area contributed by atoms with E-state index in [1.54, 1.807) is 26.0 Å². The van der Waals surface area contributed by atoms with Crippen molar-refractivity contribution in [2.45, 2.75) is 26.5 Å². The van der Waals surface area contributed by atoms with Crippen LogP contribution in [-0.4, -0.2) is 66.2 Å². The van der Waals surface area contributed by atoms with Gasteiger partial charge in [0.05, 0.1) is 12.6 Å². The first-order valence-corrected chi connectivity index (χ1v) is 8.08. The maximum atomic E-state index is 13.2. The van der Waals surface area contributed by atoms with Gasteiger partial charge in [-0.1, -0.05) is 12.1 Å². The molecule has 1 amide bonds. The lowest BCUT2D eigenvalue weighted by atomic mass is 10.1. The van der Waals surface area contributed by atoms with Gasteiger partial charge in [-0.05, 0) is 31.0 Å². The highest BCUT2D eigenvalue weighted by Gasteiger charge is 2.19. The van der Waals surface area contributed by atoms with Crippen LogP contribution >= 0.6 is 0 Å². The van der Waals surface area contributed by atoms with Crippen molar-refractivity contribution in [3.8, 4) is 0 Å². The molecule has 0 bridgehead atoms. The molecule has 0 aromatic heterocycles. The van der Waals surface area contributed by atoms with Crippen LogP contribution in [0.3, 0.4) is 0 Å². The number of nitrogens with one attached hydrogen (secondary N) is 1. The van der Waals surface area contributed by atoms with Crippen molar-refractivity contribution in [3.05, 3.63) is 35.1 Å². The molecule has 0 radical (unpaired) electrons. The van der Waals surface area contributed by atoms with E-state index in [-0.39, 0.29) is 17.8 Å². The normalized spacial score (nSPS) is 17.9. The van der Waals surface area contributed by atoms with Crippen LogP contribution in [0.4, 0.5) is 4.39 Å². The molecule has 2 rings (SSSR count). The summed E-state index contributed by atoms with van der Waals surface area (Å²) in [6.45, 7) is 8.38. The van der Waals surface area contributed by atoms with Crippen molar-refractivity contribution >= 4 is 5.91 Å². The lowest BCUT2D eigenvalue weighted by Crippen LogP contribution is -2.50. The third-order valence-corrected chi connectivity index (χ3v) is 4.07. The molecule has 1 unspecified atom stereocenters.